The molecule has 0 aromatic heterocycles. The molecule has 1 heterocycles. The molecule has 0 spiro atoms. The number of imide groups is 1. The number of carbonyl (C=O) groups excluding carboxylic acids is 2. The standard InChI is InChI=1S/C18H16N2O5/c1-25-15-5-3-2-4-14(15)20-16(21)10-13(17(20)22)19-12-8-6-11(7-9-12)18(23)24/h2-9,13,19H,10H2,1H3,(H,23,24)/t13-/m0/s1. The maximum Gasteiger partial charge on any atom is 0.335 e. The van der Waals surface area contributed by atoms with Crippen molar-refractivity contribution in [2.75, 3.05) is 17.3 Å². The predicted octanol–water partition coefficient (Wildman–Crippen LogP) is 2.14. The maximum absolute atomic E-state index is 12.7. The zero-order chi connectivity index (χ0) is 18.0. The third kappa shape index (κ3) is 3.16. The normalized spacial score (nSPS) is 16.8. The van der Waals surface area contributed by atoms with Gasteiger partial charge in [-0.2, -0.15) is 0 Å². The Labute approximate surface area is 143 Å². The fraction of sp³-hybridized carbons (Fsp3) is 0.167. The lowest BCUT2D eigenvalue weighted by molar-refractivity contribution is -0.121. The number of nitrogens with one attached hydrogen (secondary N) is 1. The molecule has 7 heteroatoms. The lowest BCUT2D eigenvalue weighted by atomic mass is 10.2. The van der Waals surface area contributed by atoms with Crippen LogP contribution in [0, 0.1) is 0 Å². The number of carboxylic acid groups (broad SMARTS) is 1. The van der Waals surface area contributed by atoms with Gasteiger partial charge in [0.2, 0.25) is 5.91 Å². The topological polar surface area (TPSA) is 95.9 Å². The number of carbonyl (C=O) groups is 3. The molecule has 2 amide bonds. The number of methoxy groups -OCH3 is 1. The summed E-state index contributed by atoms with van der Waals surface area (Å²) >= 11 is 0. The van der Waals surface area contributed by atoms with Crippen LogP contribution >= 0.6 is 0 Å². The number of aromatic carboxylic acids is 1. The Kier molecular flexibility index (Phi) is 4.38. The molecule has 0 aliphatic carbocycles. The summed E-state index contributed by atoms with van der Waals surface area (Å²) in [6.07, 6.45) is 0.0115. The molecular formula is C18H16N2O5. The van der Waals surface area contributed by atoms with E-state index in [0.29, 0.717) is 17.1 Å². The quantitative estimate of drug-likeness (QED) is 0.810. The van der Waals surface area contributed by atoms with Crippen molar-refractivity contribution in [2.24, 2.45) is 0 Å². The number of nitrogens with zero attached hydrogens (tertiary/aromatic N) is 1. The number of amides is 2. The molecule has 1 fully saturated rings. The summed E-state index contributed by atoms with van der Waals surface area (Å²) in [5.41, 5.74) is 1.12. The van der Waals surface area contributed by atoms with Gasteiger partial charge in [0.05, 0.1) is 24.8 Å². The van der Waals surface area contributed by atoms with Crippen LogP contribution in [-0.4, -0.2) is 36.0 Å². The number of benzene rings is 2. The largest absolute Gasteiger partial charge is 0.495 e. The van der Waals surface area contributed by atoms with E-state index < -0.39 is 12.0 Å². The van der Waals surface area contributed by atoms with Crippen molar-refractivity contribution in [3.63, 3.8) is 0 Å². The van der Waals surface area contributed by atoms with E-state index in [9.17, 15) is 14.4 Å². The lowest BCUT2D eigenvalue weighted by Gasteiger charge is -2.18. The van der Waals surface area contributed by atoms with Crippen molar-refractivity contribution in [1.82, 2.24) is 0 Å². The van der Waals surface area contributed by atoms with Crippen molar-refractivity contribution in [3.05, 3.63) is 54.1 Å². The number of hydrogen-bond acceptors (Lipinski definition) is 5. The van der Waals surface area contributed by atoms with Gasteiger partial charge in [0.1, 0.15) is 11.8 Å². The molecule has 2 aromatic carbocycles. The Hall–Kier alpha value is -3.35. The molecule has 1 atom stereocenters. The Morgan fingerprint density at radius 2 is 1.84 bits per heavy atom. The smallest absolute Gasteiger partial charge is 0.335 e. The van der Waals surface area contributed by atoms with Crippen LogP contribution in [0.25, 0.3) is 0 Å². The lowest BCUT2D eigenvalue weighted by Crippen LogP contribution is -2.35. The molecule has 128 valence electrons. The molecule has 3 rings (SSSR count). The van der Waals surface area contributed by atoms with E-state index in [1.807, 2.05) is 0 Å². The second-order valence-electron chi connectivity index (χ2n) is 5.52. The van der Waals surface area contributed by atoms with Gasteiger partial charge < -0.3 is 15.2 Å². The zero-order valence-corrected chi connectivity index (χ0v) is 13.4. The number of para-hydroxylation sites is 2. The van der Waals surface area contributed by atoms with Gasteiger partial charge in [0, 0.05) is 5.69 Å². The van der Waals surface area contributed by atoms with Gasteiger partial charge in [-0.3, -0.25) is 9.59 Å². The van der Waals surface area contributed by atoms with Gasteiger partial charge in [-0.15, -0.1) is 0 Å². The summed E-state index contributed by atoms with van der Waals surface area (Å²) < 4.78 is 5.22. The van der Waals surface area contributed by atoms with Gasteiger partial charge in [0.15, 0.2) is 0 Å². The van der Waals surface area contributed by atoms with Crippen molar-refractivity contribution in [1.29, 1.82) is 0 Å². The van der Waals surface area contributed by atoms with Crippen LogP contribution in [0.5, 0.6) is 5.75 Å². The minimum atomic E-state index is -1.03. The Morgan fingerprint density at radius 3 is 2.48 bits per heavy atom. The Balaban J connectivity index is 1.80. The predicted molar refractivity (Wildman–Crippen MR) is 90.9 cm³/mol. The van der Waals surface area contributed by atoms with E-state index in [2.05, 4.69) is 5.32 Å². The highest BCUT2D eigenvalue weighted by Crippen LogP contribution is 2.32. The zero-order valence-electron chi connectivity index (χ0n) is 13.4. The first kappa shape index (κ1) is 16.5. The van der Waals surface area contributed by atoms with Crippen molar-refractivity contribution >= 4 is 29.2 Å². The summed E-state index contributed by atoms with van der Waals surface area (Å²) in [5, 5.41) is 11.9. The van der Waals surface area contributed by atoms with Gasteiger partial charge in [-0.1, -0.05) is 12.1 Å². The molecule has 1 saturated heterocycles. The number of anilines is 2. The third-order valence-electron chi connectivity index (χ3n) is 3.95. The second kappa shape index (κ2) is 6.64. The second-order valence-corrected chi connectivity index (χ2v) is 5.52. The minimum absolute atomic E-state index is 0.0115. The fourth-order valence-electron chi connectivity index (χ4n) is 2.72. The van der Waals surface area contributed by atoms with Crippen LogP contribution in [0.15, 0.2) is 48.5 Å². The van der Waals surface area contributed by atoms with Crippen LogP contribution in [0.3, 0.4) is 0 Å². The van der Waals surface area contributed by atoms with Crippen molar-refractivity contribution < 1.29 is 24.2 Å². The molecular weight excluding hydrogens is 324 g/mol. The molecule has 0 bridgehead atoms. The monoisotopic (exact) mass is 340 g/mol. The van der Waals surface area contributed by atoms with Crippen LogP contribution in [0.2, 0.25) is 0 Å². The molecule has 2 N–H and O–H groups in total. The minimum Gasteiger partial charge on any atom is -0.495 e. The summed E-state index contributed by atoms with van der Waals surface area (Å²) in [6, 6.07) is 12.1. The van der Waals surface area contributed by atoms with Crippen LogP contribution < -0.4 is 15.0 Å². The summed E-state index contributed by atoms with van der Waals surface area (Å²) in [7, 11) is 1.48. The number of ether oxygens (including phenoxy) is 1. The van der Waals surface area contributed by atoms with Crippen LogP contribution in [-0.2, 0) is 9.59 Å². The molecule has 1 aliphatic heterocycles. The van der Waals surface area contributed by atoms with E-state index in [4.69, 9.17) is 9.84 Å². The van der Waals surface area contributed by atoms with Gasteiger partial charge in [-0.25, -0.2) is 9.69 Å². The molecule has 7 nitrogen and oxygen atoms in total. The Morgan fingerprint density at radius 1 is 1.16 bits per heavy atom. The molecule has 0 saturated carbocycles. The molecule has 0 unspecified atom stereocenters. The molecule has 1 aliphatic rings. The first-order chi connectivity index (χ1) is 12.0. The molecule has 2 aromatic rings. The Bertz CT molecular complexity index is 832. The van der Waals surface area contributed by atoms with E-state index in [1.165, 1.54) is 19.2 Å². The fourth-order valence-corrected chi connectivity index (χ4v) is 2.72. The van der Waals surface area contributed by atoms with Gasteiger partial charge in [-0.05, 0) is 36.4 Å². The van der Waals surface area contributed by atoms with E-state index in [-0.39, 0.29) is 23.8 Å². The third-order valence-corrected chi connectivity index (χ3v) is 3.95. The first-order valence-corrected chi connectivity index (χ1v) is 7.61. The van der Waals surface area contributed by atoms with Crippen LogP contribution in [0.1, 0.15) is 16.8 Å². The average Bonchev–Trinajstić information content (AvgIpc) is 2.89. The maximum atomic E-state index is 12.7. The number of carboxylic acids is 1. The number of hydrogen-bond donors (Lipinski definition) is 2. The SMILES string of the molecule is COc1ccccc1N1C(=O)C[C@H](Nc2ccc(C(=O)O)cc2)C1=O. The van der Waals surface area contributed by atoms with Gasteiger partial charge >= 0.3 is 5.97 Å². The summed E-state index contributed by atoms with van der Waals surface area (Å²) in [5.74, 6) is -1.29. The van der Waals surface area contributed by atoms with E-state index in [0.717, 1.165) is 4.90 Å². The summed E-state index contributed by atoms with van der Waals surface area (Å²) in [4.78, 5) is 37.0. The summed E-state index contributed by atoms with van der Waals surface area (Å²) in [6.45, 7) is 0. The van der Waals surface area contributed by atoms with E-state index >= 15 is 0 Å². The molecule has 25 heavy (non-hydrogen) atoms. The molecule has 0 radical (unpaired) electrons. The van der Waals surface area contributed by atoms with Gasteiger partial charge in [0.25, 0.3) is 5.91 Å². The number of rotatable bonds is 5. The highest BCUT2D eigenvalue weighted by atomic mass is 16.5. The van der Waals surface area contributed by atoms with E-state index in [1.54, 1.807) is 36.4 Å². The highest BCUT2D eigenvalue weighted by molar-refractivity contribution is 6.23. The average molecular weight is 340 g/mol. The van der Waals surface area contributed by atoms with Crippen molar-refractivity contribution in [3.8, 4) is 5.75 Å². The highest BCUT2D eigenvalue weighted by Gasteiger charge is 2.40. The first-order valence-electron chi connectivity index (χ1n) is 7.61. The van der Waals surface area contributed by atoms with Crippen molar-refractivity contribution in [2.45, 2.75) is 12.5 Å². The van der Waals surface area contributed by atoms with Crippen LogP contribution in [0.4, 0.5) is 11.4 Å².